The molecule has 0 saturated heterocycles. The average molecular weight is 241 g/mol. The molecule has 2 aromatic heterocycles. The maximum absolute atomic E-state index is 4.61. The monoisotopic (exact) mass is 241 g/mol. The van der Waals surface area contributed by atoms with Gasteiger partial charge in [-0.1, -0.05) is 19.1 Å². The molecule has 2 rings (SSSR count). The van der Waals surface area contributed by atoms with Gasteiger partial charge in [0.05, 0.1) is 11.7 Å². The highest BCUT2D eigenvalue weighted by molar-refractivity contribution is 5.26. The van der Waals surface area contributed by atoms with E-state index < -0.39 is 0 Å². The molecule has 0 fully saturated rings. The molecule has 0 aliphatic carbocycles. The van der Waals surface area contributed by atoms with Crippen LogP contribution < -0.4 is 5.32 Å². The number of aryl methyl sites for hydroxylation is 1. The van der Waals surface area contributed by atoms with Crippen molar-refractivity contribution in [3.63, 3.8) is 0 Å². The highest BCUT2D eigenvalue weighted by atomic mass is 14.9. The molecule has 2 heterocycles. The molecule has 2 aromatic rings. The molecular weight excluding hydrogens is 222 g/mol. The molecule has 3 nitrogen and oxygen atoms in total. The van der Waals surface area contributed by atoms with Crippen molar-refractivity contribution in [3.05, 3.63) is 59.7 Å². The molecule has 0 spiro atoms. The van der Waals surface area contributed by atoms with Crippen LogP contribution in [0.4, 0.5) is 0 Å². The summed E-state index contributed by atoms with van der Waals surface area (Å²) in [5.41, 5.74) is 3.25. The van der Waals surface area contributed by atoms with Gasteiger partial charge in [0.25, 0.3) is 0 Å². The van der Waals surface area contributed by atoms with E-state index in [2.05, 4.69) is 40.4 Å². The summed E-state index contributed by atoms with van der Waals surface area (Å²) in [6.45, 7) is 5.15. The second kappa shape index (κ2) is 6.26. The first-order valence-electron chi connectivity index (χ1n) is 6.38. The molecule has 0 aliphatic heterocycles. The first-order chi connectivity index (χ1) is 8.81. The third-order valence-corrected chi connectivity index (χ3v) is 2.82. The number of aromatic nitrogens is 2. The van der Waals surface area contributed by atoms with Crippen LogP contribution in [0.1, 0.15) is 36.3 Å². The SMILES string of the molecule is CCCNC(c1cccnc1)c1cccc(C)n1. The van der Waals surface area contributed by atoms with E-state index in [0.29, 0.717) is 0 Å². The van der Waals surface area contributed by atoms with Crippen LogP contribution >= 0.6 is 0 Å². The van der Waals surface area contributed by atoms with Crippen molar-refractivity contribution in [2.24, 2.45) is 0 Å². The zero-order valence-electron chi connectivity index (χ0n) is 10.9. The summed E-state index contributed by atoms with van der Waals surface area (Å²) in [6, 6.07) is 10.3. The predicted octanol–water partition coefficient (Wildman–Crippen LogP) is 2.87. The van der Waals surface area contributed by atoms with Gasteiger partial charge in [0.1, 0.15) is 0 Å². The van der Waals surface area contributed by atoms with Crippen LogP contribution in [0.25, 0.3) is 0 Å². The van der Waals surface area contributed by atoms with Gasteiger partial charge in [-0.15, -0.1) is 0 Å². The standard InChI is InChI=1S/C15H19N3/c1-3-9-17-15(13-7-5-10-16-11-13)14-8-4-6-12(2)18-14/h4-8,10-11,15,17H,3,9H2,1-2H3. The molecule has 0 aliphatic rings. The Morgan fingerprint density at radius 1 is 1.22 bits per heavy atom. The topological polar surface area (TPSA) is 37.8 Å². The zero-order valence-corrected chi connectivity index (χ0v) is 10.9. The maximum atomic E-state index is 4.61. The van der Waals surface area contributed by atoms with Gasteiger partial charge in [-0.25, -0.2) is 0 Å². The number of rotatable bonds is 5. The van der Waals surface area contributed by atoms with Crippen LogP contribution in [0.15, 0.2) is 42.7 Å². The van der Waals surface area contributed by atoms with Gasteiger partial charge in [-0.05, 0) is 43.7 Å². The molecular formula is C15H19N3. The molecule has 1 atom stereocenters. The lowest BCUT2D eigenvalue weighted by atomic mass is 10.0. The molecule has 0 amide bonds. The zero-order chi connectivity index (χ0) is 12.8. The van der Waals surface area contributed by atoms with E-state index in [9.17, 15) is 0 Å². The van der Waals surface area contributed by atoms with Gasteiger partial charge in [-0.3, -0.25) is 9.97 Å². The van der Waals surface area contributed by atoms with Crippen LogP contribution in [-0.2, 0) is 0 Å². The summed E-state index contributed by atoms with van der Waals surface area (Å²) in [5, 5.41) is 3.53. The molecule has 0 aromatic carbocycles. The quantitative estimate of drug-likeness (QED) is 0.874. The van der Waals surface area contributed by atoms with Crippen molar-refractivity contribution in [1.29, 1.82) is 0 Å². The molecule has 94 valence electrons. The van der Waals surface area contributed by atoms with Crippen molar-refractivity contribution in [1.82, 2.24) is 15.3 Å². The number of hydrogen-bond donors (Lipinski definition) is 1. The molecule has 1 unspecified atom stereocenters. The van der Waals surface area contributed by atoms with E-state index in [1.807, 2.05) is 25.3 Å². The van der Waals surface area contributed by atoms with Gasteiger partial charge in [0.2, 0.25) is 0 Å². The molecule has 0 saturated carbocycles. The normalized spacial score (nSPS) is 12.3. The summed E-state index contributed by atoms with van der Waals surface area (Å²) in [4.78, 5) is 8.81. The largest absolute Gasteiger partial charge is 0.305 e. The Morgan fingerprint density at radius 2 is 2.11 bits per heavy atom. The van der Waals surface area contributed by atoms with Crippen LogP contribution in [0, 0.1) is 6.92 Å². The van der Waals surface area contributed by atoms with Crippen LogP contribution in [-0.4, -0.2) is 16.5 Å². The summed E-state index contributed by atoms with van der Waals surface area (Å²) >= 11 is 0. The fourth-order valence-electron chi connectivity index (χ4n) is 1.95. The fourth-order valence-corrected chi connectivity index (χ4v) is 1.95. The van der Waals surface area contributed by atoms with E-state index in [1.54, 1.807) is 6.20 Å². The van der Waals surface area contributed by atoms with Crippen LogP contribution in [0.3, 0.4) is 0 Å². The molecule has 0 radical (unpaired) electrons. The highest BCUT2D eigenvalue weighted by Crippen LogP contribution is 2.19. The molecule has 0 bridgehead atoms. The molecule has 1 N–H and O–H groups in total. The minimum Gasteiger partial charge on any atom is -0.305 e. The lowest BCUT2D eigenvalue weighted by Gasteiger charge is -2.18. The molecule has 3 heteroatoms. The van der Waals surface area contributed by atoms with Crippen molar-refractivity contribution in [3.8, 4) is 0 Å². The van der Waals surface area contributed by atoms with Gasteiger partial charge < -0.3 is 5.32 Å². The number of nitrogens with one attached hydrogen (secondary N) is 1. The minimum atomic E-state index is 0.124. The number of pyridine rings is 2. The second-order valence-electron chi connectivity index (χ2n) is 4.38. The summed E-state index contributed by atoms with van der Waals surface area (Å²) in [6.07, 6.45) is 4.80. The van der Waals surface area contributed by atoms with Gasteiger partial charge >= 0.3 is 0 Å². The van der Waals surface area contributed by atoms with Gasteiger partial charge in [0, 0.05) is 18.1 Å². The highest BCUT2D eigenvalue weighted by Gasteiger charge is 2.14. The Kier molecular flexibility index (Phi) is 4.42. The van der Waals surface area contributed by atoms with Crippen molar-refractivity contribution < 1.29 is 0 Å². The maximum Gasteiger partial charge on any atom is 0.0766 e. The van der Waals surface area contributed by atoms with E-state index in [-0.39, 0.29) is 6.04 Å². The second-order valence-corrected chi connectivity index (χ2v) is 4.38. The van der Waals surface area contributed by atoms with E-state index >= 15 is 0 Å². The summed E-state index contributed by atoms with van der Waals surface area (Å²) in [7, 11) is 0. The average Bonchev–Trinajstić information content (AvgIpc) is 2.40. The predicted molar refractivity (Wildman–Crippen MR) is 73.3 cm³/mol. The Balaban J connectivity index is 2.31. The van der Waals surface area contributed by atoms with Crippen molar-refractivity contribution in [2.75, 3.05) is 6.54 Å². The third-order valence-electron chi connectivity index (χ3n) is 2.82. The summed E-state index contributed by atoms with van der Waals surface area (Å²) < 4.78 is 0. The van der Waals surface area contributed by atoms with Crippen molar-refractivity contribution >= 4 is 0 Å². The first kappa shape index (κ1) is 12.7. The molecule has 18 heavy (non-hydrogen) atoms. The lowest BCUT2D eigenvalue weighted by molar-refractivity contribution is 0.584. The fraction of sp³-hybridized carbons (Fsp3) is 0.333. The Bertz CT molecular complexity index is 482. The Labute approximate surface area is 108 Å². The smallest absolute Gasteiger partial charge is 0.0766 e. The van der Waals surface area contributed by atoms with Crippen LogP contribution in [0.5, 0.6) is 0 Å². The van der Waals surface area contributed by atoms with E-state index in [1.165, 1.54) is 0 Å². The van der Waals surface area contributed by atoms with Gasteiger partial charge in [0.15, 0.2) is 0 Å². The van der Waals surface area contributed by atoms with E-state index in [4.69, 9.17) is 0 Å². The van der Waals surface area contributed by atoms with E-state index in [0.717, 1.165) is 29.9 Å². The first-order valence-corrected chi connectivity index (χ1v) is 6.38. The third kappa shape index (κ3) is 3.14. The Hall–Kier alpha value is -1.74. The number of nitrogens with zero attached hydrogens (tertiary/aromatic N) is 2. The van der Waals surface area contributed by atoms with Crippen molar-refractivity contribution in [2.45, 2.75) is 26.3 Å². The minimum absolute atomic E-state index is 0.124. The lowest BCUT2D eigenvalue weighted by Crippen LogP contribution is -2.24. The summed E-state index contributed by atoms with van der Waals surface area (Å²) in [5.74, 6) is 0. The number of hydrogen-bond acceptors (Lipinski definition) is 3. The van der Waals surface area contributed by atoms with Gasteiger partial charge in [-0.2, -0.15) is 0 Å². The van der Waals surface area contributed by atoms with Crippen LogP contribution in [0.2, 0.25) is 0 Å². The Morgan fingerprint density at radius 3 is 2.78 bits per heavy atom.